The summed E-state index contributed by atoms with van der Waals surface area (Å²) in [6.07, 6.45) is 1.07. The zero-order chi connectivity index (χ0) is 10.2. The molecule has 0 amide bonds. The van der Waals surface area contributed by atoms with E-state index >= 15 is 0 Å². The quantitative estimate of drug-likeness (QED) is 0.640. The van der Waals surface area contributed by atoms with Crippen LogP contribution in [0, 0.1) is 5.41 Å². The summed E-state index contributed by atoms with van der Waals surface area (Å²) in [5, 5.41) is 9.31. The van der Waals surface area contributed by atoms with Crippen LogP contribution < -0.4 is 5.73 Å². The molecule has 2 aliphatic rings. The highest BCUT2D eigenvalue weighted by Crippen LogP contribution is 2.30. The van der Waals surface area contributed by atoms with Gasteiger partial charge in [0.25, 0.3) is 0 Å². The fourth-order valence-corrected chi connectivity index (χ4v) is 2.31. The van der Waals surface area contributed by atoms with Crippen molar-refractivity contribution in [2.45, 2.75) is 25.4 Å². The predicted molar refractivity (Wildman–Crippen MR) is 54.0 cm³/mol. The fourth-order valence-electron chi connectivity index (χ4n) is 2.31. The van der Waals surface area contributed by atoms with Crippen LogP contribution in [0.2, 0.25) is 0 Å². The molecule has 2 saturated heterocycles. The van der Waals surface area contributed by atoms with Gasteiger partial charge in [-0.3, -0.25) is 4.90 Å². The van der Waals surface area contributed by atoms with E-state index in [0.717, 1.165) is 19.5 Å². The first-order valence-corrected chi connectivity index (χ1v) is 5.35. The lowest BCUT2D eigenvalue weighted by molar-refractivity contribution is -0.149. The van der Waals surface area contributed by atoms with Crippen molar-refractivity contribution in [3.63, 3.8) is 0 Å². The summed E-state index contributed by atoms with van der Waals surface area (Å²) >= 11 is 0. The van der Waals surface area contributed by atoms with E-state index in [1.807, 2.05) is 0 Å². The minimum absolute atomic E-state index is 0.00167. The maximum absolute atomic E-state index is 9.31. The van der Waals surface area contributed by atoms with Crippen LogP contribution in [0.3, 0.4) is 0 Å². The number of aliphatic hydroxyl groups excluding tert-OH is 1. The Morgan fingerprint density at radius 2 is 2.29 bits per heavy atom. The van der Waals surface area contributed by atoms with E-state index in [1.54, 1.807) is 0 Å². The van der Waals surface area contributed by atoms with Crippen molar-refractivity contribution >= 4 is 0 Å². The Balaban J connectivity index is 1.90. The van der Waals surface area contributed by atoms with Crippen molar-refractivity contribution in [3.8, 4) is 0 Å². The highest BCUT2D eigenvalue weighted by molar-refractivity contribution is 4.94. The van der Waals surface area contributed by atoms with Crippen LogP contribution in [0.1, 0.15) is 13.3 Å². The molecule has 2 heterocycles. The van der Waals surface area contributed by atoms with E-state index in [9.17, 15) is 5.11 Å². The van der Waals surface area contributed by atoms with E-state index < -0.39 is 0 Å². The second-order valence-corrected chi connectivity index (χ2v) is 4.81. The molecule has 4 nitrogen and oxygen atoms in total. The molecule has 0 saturated carbocycles. The molecular formula is C10H20N2O2. The molecule has 0 aromatic carbocycles. The Morgan fingerprint density at radius 3 is 2.64 bits per heavy atom. The summed E-state index contributed by atoms with van der Waals surface area (Å²) < 4.78 is 5.18. The topological polar surface area (TPSA) is 58.7 Å². The van der Waals surface area contributed by atoms with Gasteiger partial charge >= 0.3 is 0 Å². The van der Waals surface area contributed by atoms with E-state index in [1.165, 1.54) is 0 Å². The van der Waals surface area contributed by atoms with Gasteiger partial charge in [0.1, 0.15) is 0 Å². The molecule has 2 aliphatic heterocycles. The van der Waals surface area contributed by atoms with Crippen molar-refractivity contribution in [2.75, 3.05) is 32.9 Å². The summed E-state index contributed by atoms with van der Waals surface area (Å²) in [6.45, 7) is 5.78. The van der Waals surface area contributed by atoms with Crippen LogP contribution in [-0.2, 0) is 4.74 Å². The zero-order valence-electron chi connectivity index (χ0n) is 8.78. The average Bonchev–Trinajstić information content (AvgIpc) is 2.42. The summed E-state index contributed by atoms with van der Waals surface area (Å²) in [4.78, 5) is 2.38. The number of hydrogen-bond acceptors (Lipinski definition) is 4. The van der Waals surface area contributed by atoms with Gasteiger partial charge in [-0.2, -0.15) is 0 Å². The normalized spacial score (nSPS) is 37.1. The monoisotopic (exact) mass is 200 g/mol. The molecule has 0 bridgehead atoms. The predicted octanol–water partition coefficient (Wildman–Crippen LogP) is -0.583. The number of ether oxygens (including phenoxy) is 1. The van der Waals surface area contributed by atoms with E-state index in [4.69, 9.17) is 10.5 Å². The number of nitrogens with two attached hydrogens (primary N) is 1. The van der Waals surface area contributed by atoms with Crippen LogP contribution in [0.25, 0.3) is 0 Å². The molecule has 0 aromatic rings. The van der Waals surface area contributed by atoms with Crippen molar-refractivity contribution in [3.05, 3.63) is 0 Å². The van der Waals surface area contributed by atoms with Crippen molar-refractivity contribution < 1.29 is 9.84 Å². The molecule has 2 unspecified atom stereocenters. The molecule has 4 heteroatoms. The first-order valence-electron chi connectivity index (χ1n) is 5.35. The minimum atomic E-state index is -0.00167. The lowest BCUT2D eigenvalue weighted by Gasteiger charge is -2.43. The standard InChI is InChI=1S/C10H20N2O2/c1-8-9(11)2-3-12(8)4-10(5-13)6-14-7-10/h8-9,13H,2-7,11H2,1H3. The van der Waals surface area contributed by atoms with Crippen molar-refractivity contribution in [2.24, 2.45) is 11.1 Å². The summed E-state index contributed by atoms with van der Waals surface area (Å²) in [5.74, 6) is 0. The SMILES string of the molecule is CC1C(N)CCN1CC1(CO)COC1. The molecule has 0 spiro atoms. The van der Waals surface area contributed by atoms with Crippen LogP contribution in [0.5, 0.6) is 0 Å². The Kier molecular flexibility index (Phi) is 2.79. The van der Waals surface area contributed by atoms with Gasteiger partial charge in [-0.05, 0) is 13.3 Å². The van der Waals surface area contributed by atoms with Gasteiger partial charge in [-0.25, -0.2) is 0 Å². The number of rotatable bonds is 3. The summed E-state index contributed by atoms with van der Waals surface area (Å²) in [6, 6.07) is 0.741. The summed E-state index contributed by atoms with van der Waals surface area (Å²) in [5.41, 5.74) is 5.95. The van der Waals surface area contributed by atoms with Crippen LogP contribution in [0.4, 0.5) is 0 Å². The van der Waals surface area contributed by atoms with Gasteiger partial charge in [-0.1, -0.05) is 0 Å². The third kappa shape index (κ3) is 1.67. The first kappa shape index (κ1) is 10.4. The Hall–Kier alpha value is -0.160. The lowest BCUT2D eigenvalue weighted by Crippen LogP contribution is -2.54. The Bertz CT molecular complexity index is 201. The average molecular weight is 200 g/mol. The molecule has 2 fully saturated rings. The molecule has 2 rings (SSSR count). The third-order valence-electron chi connectivity index (χ3n) is 3.64. The van der Waals surface area contributed by atoms with Gasteiger partial charge in [-0.15, -0.1) is 0 Å². The summed E-state index contributed by atoms with van der Waals surface area (Å²) in [7, 11) is 0. The molecule has 0 aliphatic carbocycles. The van der Waals surface area contributed by atoms with Gasteiger partial charge in [0.2, 0.25) is 0 Å². The second kappa shape index (κ2) is 3.77. The molecule has 14 heavy (non-hydrogen) atoms. The third-order valence-corrected chi connectivity index (χ3v) is 3.64. The fraction of sp³-hybridized carbons (Fsp3) is 1.00. The van der Waals surface area contributed by atoms with Gasteiger partial charge in [0, 0.05) is 25.2 Å². The van der Waals surface area contributed by atoms with Gasteiger partial charge in [0.15, 0.2) is 0 Å². The lowest BCUT2D eigenvalue weighted by atomic mass is 9.86. The van der Waals surface area contributed by atoms with Crippen molar-refractivity contribution in [1.82, 2.24) is 4.90 Å². The molecule has 3 N–H and O–H groups in total. The van der Waals surface area contributed by atoms with Crippen LogP contribution >= 0.6 is 0 Å². The molecule has 2 atom stereocenters. The number of likely N-dealkylation sites (tertiary alicyclic amines) is 1. The zero-order valence-corrected chi connectivity index (χ0v) is 8.78. The van der Waals surface area contributed by atoms with E-state index in [2.05, 4.69) is 11.8 Å². The smallest absolute Gasteiger partial charge is 0.0579 e. The van der Waals surface area contributed by atoms with Crippen LogP contribution in [0.15, 0.2) is 0 Å². The minimum Gasteiger partial charge on any atom is -0.396 e. The van der Waals surface area contributed by atoms with E-state index in [-0.39, 0.29) is 12.0 Å². The van der Waals surface area contributed by atoms with Crippen molar-refractivity contribution in [1.29, 1.82) is 0 Å². The number of hydrogen-bond donors (Lipinski definition) is 2. The molecular weight excluding hydrogens is 180 g/mol. The van der Waals surface area contributed by atoms with Crippen LogP contribution in [-0.4, -0.2) is 55.0 Å². The maximum atomic E-state index is 9.31. The number of nitrogens with zero attached hydrogens (tertiary/aromatic N) is 1. The number of aliphatic hydroxyl groups is 1. The first-order chi connectivity index (χ1) is 6.67. The largest absolute Gasteiger partial charge is 0.396 e. The second-order valence-electron chi connectivity index (χ2n) is 4.81. The molecule has 0 aromatic heterocycles. The van der Waals surface area contributed by atoms with E-state index in [0.29, 0.717) is 25.3 Å². The Labute approximate surface area is 85.0 Å². The molecule has 82 valence electrons. The highest BCUT2D eigenvalue weighted by atomic mass is 16.5. The Morgan fingerprint density at radius 1 is 1.57 bits per heavy atom. The maximum Gasteiger partial charge on any atom is 0.0579 e. The molecule has 0 radical (unpaired) electrons. The van der Waals surface area contributed by atoms with Gasteiger partial charge < -0.3 is 15.6 Å². The highest BCUT2D eigenvalue weighted by Gasteiger charge is 2.42. The van der Waals surface area contributed by atoms with Gasteiger partial charge in [0.05, 0.1) is 25.2 Å².